The summed E-state index contributed by atoms with van der Waals surface area (Å²) in [5.74, 6) is -1.38. The molecule has 1 fully saturated rings. The lowest BCUT2D eigenvalue weighted by Gasteiger charge is -2.33. The van der Waals surface area contributed by atoms with Crippen molar-refractivity contribution in [2.75, 3.05) is 6.54 Å². The van der Waals surface area contributed by atoms with Gasteiger partial charge in [-0.25, -0.2) is 4.79 Å². The zero-order valence-corrected chi connectivity index (χ0v) is 14.3. The van der Waals surface area contributed by atoms with Gasteiger partial charge in [-0.05, 0) is 33.6 Å². The topological polar surface area (TPSA) is 102 Å². The molecule has 0 saturated heterocycles. The van der Waals surface area contributed by atoms with Gasteiger partial charge in [0.25, 0.3) is 0 Å². The van der Waals surface area contributed by atoms with Crippen LogP contribution in [0.5, 0.6) is 0 Å². The van der Waals surface area contributed by atoms with Crippen molar-refractivity contribution in [2.45, 2.75) is 66.1 Å². The molecule has 0 heterocycles. The molecule has 23 heavy (non-hydrogen) atoms. The number of esters is 1. The van der Waals surface area contributed by atoms with Crippen LogP contribution in [-0.4, -0.2) is 36.0 Å². The summed E-state index contributed by atoms with van der Waals surface area (Å²) in [6, 6.07) is 0. The van der Waals surface area contributed by atoms with Crippen molar-refractivity contribution >= 4 is 18.0 Å². The number of carbonyl (C=O) groups excluding carboxylic acids is 2. The number of nitrogens with one attached hydrogen (secondary N) is 1. The van der Waals surface area contributed by atoms with Gasteiger partial charge < -0.3 is 19.9 Å². The zero-order valence-electron chi connectivity index (χ0n) is 14.3. The maximum Gasteiger partial charge on any atom is 0.410 e. The Hall–Kier alpha value is -1.79. The van der Waals surface area contributed by atoms with Crippen molar-refractivity contribution in [2.24, 2.45) is 10.8 Å². The van der Waals surface area contributed by atoms with Crippen molar-refractivity contribution < 1.29 is 29.0 Å². The minimum atomic E-state index is -1.03. The maximum absolute atomic E-state index is 11.8. The summed E-state index contributed by atoms with van der Waals surface area (Å²) in [6.07, 6.45) is 1.94. The third-order valence-corrected chi connectivity index (χ3v) is 3.99. The second-order valence-corrected chi connectivity index (χ2v) is 7.13. The van der Waals surface area contributed by atoms with E-state index in [-0.39, 0.29) is 6.54 Å². The number of ether oxygens (including phenoxy) is 2. The van der Waals surface area contributed by atoms with E-state index in [1.807, 2.05) is 0 Å². The van der Waals surface area contributed by atoms with Crippen molar-refractivity contribution in [1.29, 1.82) is 0 Å². The van der Waals surface area contributed by atoms with Crippen LogP contribution in [0.2, 0.25) is 0 Å². The molecule has 0 aromatic rings. The quantitative estimate of drug-likeness (QED) is 0.594. The van der Waals surface area contributed by atoms with Crippen LogP contribution in [-0.2, 0) is 19.1 Å². The van der Waals surface area contributed by atoms with Gasteiger partial charge >= 0.3 is 18.0 Å². The van der Waals surface area contributed by atoms with Crippen LogP contribution in [0.4, 0.5) is 4.79 Å². The molecule has 1 aliphatic rings. The molecule has 0 radical (unpaired) electrons. The average molecular weight is 329 g/mol. The summed E-state index contributed by atoms with van der Waals surface area (Å²) in [6.45, 7) is 6.54. The van der Waals surface area contributed by atoms with E-state index < -0.39 is 35.2 Å². The Morgan fingerprint density at radius 3 is 2.17 bits per heavy atom. The molecule has 0 aliphatic heterocycles. The second kappa shape index (κ2) is 7.66. The number of amides is 1. The number of hydrogen-bond donors (Lipinski definition) is 2. The lowest BCUT2D eigenvalue weighted by molar-refractivity contribution is -0.174. The van der Waals surface area contributed by atoms with E-state index in [0.717, 1.165) is 19.3 Å². The minimum Gasteiger partial charge on any atom is -0.481 e. The molecule has 1 saturated carbocycles. The van der Waals surface area contributed by atoms with Gasteiger partial charge in [0.1, 0.15) is 0 Å². The van der Waals surface area contributed by atoms with Crippen LogP contribution in [0.1, 0.15) is 59.8 Å². The summed E-state index contributed by atoms with van der Waals surface area (Å²) in [5.41, 5.74) is -1.62. The highest BCUT2D eigenvalue weighted by molar-refractivity contribution is 5.77. The van der Waals surface area contributed by atoms with Gasteiger partial charge in [-0.1, -0.05) is 19.3 Å². The SMILES string of the molecule is CC(OC(=O)NCC1(C(=O)O)CCCCC1)OC(=O)C(C)(C)C. The smallest absolute Gasteiger partial charge is 0.410 e. The van der Waals surface area contributed by atoms with Crippen molar-refractivity contribution in [3.05, 3.63) is 0 Å². The minimum absolute atomic E-state index is 0.0150. The number of alkyl carbamates (subject to hydrolysis) is 1. The van der Waals surface area contributed by atoms with E-state index in [1.54, 1.807) is 20.8 Å². The van der Waals surface area contributed by atoms with Crippen LogP contribution >= 0.6 is 0 Å². The van der Waals surface area contributed by atoms with Crippen LogP contribution in [0.25, 0.3) is 0 Å². The van der Waals surface area contributed by atoms with Crippen LogP contribution in [0.15, 0.2) is 0 Å². The lowest BCUT2D eigenvalue weighted by atomic mass is 9.74. The highest BCUT2D eigenvalue weighted by Gasteiger charge is 2.40. The molecule has 7 nitrogen and oxygen atoms in total. The molecule has 0 aromatic heterocycles. The number of carbonyl (C=O) groups is 3. The third kappa shape index (κ3) is 5.73. The molecular weight excluding hydrogens is 302 g/mol. The van der Waals surface area contributed by atoms with E-state index in [4.69, 9.17) is 9.47 Å². The molecule has 0 aromatic carbocycles. The van der Waals surface area contributed by atoms with E-state index >= 15 is 0 Å². The largest absolute Gasteiger partial charge is 0.481 e. The van der Waals surface area contributed by atoms with E-state index in [0.29, 0.717) is 12.8 Å². The molecule has 2 N–H and O–H groups in total. The number of carboxylic acid groups (broad SMARTS) is 1. The molecule has 7 heteroatoms. The van der Waals surface area contributed by atoms with Crippen molar-refractivity contribution in [3.63, 3.8) is 0 Å². The molecule has 132 valence electrons. The summed E-state index contributed by atoms with van der Waals surface area (Å²) in [5, 5.41) is 11.9. The fourth-order valence-corrected chi connectivity index (χ4v) is 2.48. The maximum atomic E-state index is 11.8. The van der Waals surface area contributed by atoms with Crippen LogP contribution in [0.3, 0.4) is 0 Å². The monoisotopic (exact) mass is 329 g/mol. The normalized spacial score (nSPS) is 18.6. The average Bonchev–Trinajstić information content (AvgIpc) is 2.44. The Balaban J connectivity index is 2.46. The second-order valence-electron chi connectivity index (χ2n) is 7.13. The number of hydrogen-bond acceptors (Lipinski definition) is 5. The molecule has 0 bridgehead atoms. The summed E-state index contributed by atoms with van der Waals surface area (Å²) in [4.78, 5) is 35.0. The number of aliphatic carboxylic acids is 1. The zero-order chi connectivity index (χ0) is 17.7. The highest BCUT2D eigenvalue weighted by Crippen LogP contribution is 2.36. The standard InChI is InChI=1S/C16H27NO6/c1-11(22-13(20)15(2,3)4)23-14(21)17-10-16(12(18)19)8-6-5-7-9-16/h11H,5-10H2,1-4H3,(H,17,21)(H,18,19). The van der Waals surface area contributed by atoms with E-state index in [9.17, 15) is 19.5 Å². The van der Waals surface area contributed by atoms with E-state index in [2.05, 4.69) is 5.32 Å². The van der Waals surface area contributed by atoms with Gasteiger partial charge in [0.2, 0.25) is 6.29 Å². The van der Waals surface area contributed by atoms with E-state index in [1.165, 1.54) is 6.92 Å². The first-order valence-electron chi connectivity index (χ1n) is 7.96. The first kappa shape index (κ1) is 19.3. The van der Waals surface area contributed by atoms with Crippen molar-refractivity contribution in [1.82, 2.24) is 5.32 Å². The van der Waals surface area contributed by atoms with Gasteiger partial charge in [0.15, 0.2) is 0 Å². The Labute approximate surface area is 136 Å². The Morgan fingerprint density at radius 1 is 1.13 bits per heavy atom. The first-order valence-corrected chi connectivity index (χ1v) is 7.96. The fourth-order valence-electron chi connectivity index (χ4n) is 2.48. The lowest BCUT2D eigenvalue weighted by Crippen LogP contribution is -2.45. The number of carboxylic acids is 1. The van der Waals surface area contributed by atoms with Crippen LogP contribution < -0.4 is 5.32 Å². The highest BCUT2D eigenvalue weighted by atomic mass is 16.7. The predicted octanol–water partition coefficient (Wildman–Crippen LogP) is 2.68. The predicted molar refractivity (Wildman–Crippen MR) is 82.6 cm³/mol. The summed E-state index contributed by atoms with van der Waals surface area (Å²) >= 11 is 0. The van der Waals surface area contributed by atoms with Gasteiger partial charge in [-0.3, -0.25) is 9.59 Å². The first-order chi connectivity index (χ1) is 10.6. The molecule has 1 atom stereocenters. The Morgan fingerprint density at radius 2 is 1.70 bits per heavy atom. The van der Waals surface area contributed by atoms with Gasteiger partial charge in [0.05, 0.1) is 10.8 Å². The molecule has 0 spiro atoms. The van der Waals surface area contributed by atoms with Gasteiger partial charge in [-0.15, -0.1) is 0 Å². The molecular formula is C16H27NO6. The van der Waals surface area contributed by atoms with Crippen molar-refractivity contribution in [3.8, 4) is 0 Å². The van der Waals surface area contributed by atoms with Gasteiger partial charge in [-0.2, -0.15) is 0 Å². The molecule has 1 rings (SSSR count). The molecule has 1 amide bonds. The molecule has 1 aliphatic carbocycles. The summed E-state index contributed by atoms with van der Waals surface area (Å²) < 4.78 is 9.96. The fraction of sp³-hybridized carbons (Fsp3) is 0.812. The summed E-state index contributed by atoms with van der Waals surface area (Å²) in [7, 11) is 0. The molecule has 1 unspecified atom stereocenters. The Bertz CT molecular complexity index is 448. The van der Waals surface area contributed by atoms with Gasteiger partial charge in [0, 0.05) is 13.5 Å². The van der Waals surface area contributed by atoms with Crippen LogP contribution in [0, 0.1) is 10.8 Å². The Kier molecular flexibility index (Phi) is 6.41. The third-order valence-electron chi connectivity index (χ3n) is 3.99. The number of rotatable bonds is 5.